The monoisotopic (exact) mass is 217 g/mol. The number of hydrogen-bond acceptors (Lipinski definition) is 3. The number of fused-ring (bicyclic) bond motifs is 2. The highest BCUT2D eigenvalue weighted by molar-refractivity contribution is 5.59. The van der Waals surface area contributed by atoms with E-state index in [1.54, 1.807) is 6.08 Å². The normalized spacial score (nSPS) is 10.0. The summed E-state index contributed by atoms with van der Waals surface area (Å²) in [5.74, 6) is 0. The van der Waals surface area contributed by atoms with Gasteiger partial charge in [-0.15, -0.1) is 6.58 Å². The van der Waals surface area contributed by atoms with Crippen molar-refractivity contribution < 1.29 is 4.42 Å². The van der Waals surface area contributed by atoms with Gasteiger partial charge in [0.15, 0.2) is 0 Å². The molecule has 0 amide bonds. The molecule has 0 aliphatic rings. The van der Waals surface area contributed by atoms with E-state index < -0.39 is 0 Å². The second-order valence-corrected chi connectivity index (χ2v) is 3.14. The van der Waals surface area contributed by atoms with Crippen molar-refractivity contribution in [2.45, 2.75) is 6.54 Å². The molecule has 0 unspecified atom stereocenters. The average molecular weight is 217 g/mol. The number of allylic oxidation sites excluding steroid dienone is 1. The van der Waals surface area contributed by atoms with Crippen LogP contribution >= 0.6 is 0 Å². The Morgan fingerprint density at radius 3 is 2.31 bits per heavy atom. The van der Waals surface area contributed by atoms with Gasteiger partial charge in [-0.25, -0.2) is 9.48 Å². The van der Waals surface area contributed by atoms with Gasteiger partial charge in [0.2, 0.25) is 0 Å². The molecule has 0 atom stereocenters. The Morgan fingerprint density at radius 1 is 1.38 bits per heavy atom. The second kappa shape index (κ2) is 4.48. The molecule has 3 rings (SSSR count). The van der Waals surface area contributed by atoms with E-state index >= 15 is 0 Å². The highest BCUT2D eigenvalue weighted by atomic mass is 16.3. The summed E-state index contributed by atoms with van der Waals surface area (Å²) in [6, 6.07) is 7.81. The van der Waals surface area contributed by atoms with Crippen molar-refractivity contribution in [3.63, 3.8) is 0 Å². The van der Waals surface area contributed by atoms with E-state index in [0.29, 0.717) is 6.54 Å². The van der Waals surface area contributed by atoms with Crippen LogP contribution in [0.1, 0.15) is 0 Å². The lowest BCUT2D eigenvalue weighted by Gasteiger charge is -1.86. The highest BCUT2D eigenvalue weighted by Gasteiger charge is 1.91. The molecule has 16 heavy (non-hydrogen) atoms. The van der Waals surface area contributed by atoms with Crippen LogP contribution in [0.4, 0.5) is 0 Å². The average Bonchev–Trinajstić information content (AvgIpc) is 2.99. The summed E-state index contributed by atoms with van der Waals surface area (Å²) >= 11 is 0. The minimum absolute atomic E-state index is 0.199. The van der Waals surface area contributed by atoms with Crippen LogP contribution in [0, 0.1) is 0 Å². The zero-order valence-electron chi connectivity index (χ0n) is 8.59. The van der Waals surface area contributed by atoms with E-state index in [1.165, 1.54) is 11.0 Å². The maximum absolute atomic E-state index is 10.6. The summed E-state index contributed by atoms with van der Waals surface area (Å²) in [7, 11) is 0. The second-order valence-electron chi connectivity index (χ2n) is 3.14. The van der Waals surface area contributed by atoms with Crippen molar-refractivity contribution in [1.82, 2.24) is 14.8 Å². The van der Waals surface area contributed by atoms with Gasteiger partial charge in [0.05, 0.1) is 6.54 Å². The first kappa shape index (κ1) is 10.2. The maximum Gasteiger partial charge on any atom is 0.343 e. The van der Waals surface area contributed by atoms with Crippen LogP contribution in [-0.2, 0) is 6.54 Å². The zero-order chi connectivity index (χ0) is 11.4. The fourth-order valence-corrected chi connectivity index (χ4v) is 1.24. The van der Waals surface area contributed by atoms with Gasteiger partial charge in [0.25, 0.3) is 0 Å². The van der Waals surface area contributed by atoms with Gasteiger partial charge in [-0.3, -0.25) is 4.98 Å². The van der Waals surface area contributed by atoms with Crippen LogP contribution < -0.4 is 5.69 Å². The number of rotatable bonds is 2. The first-order valence-corrected chi connectivity index (χ1v) is 4.79. The number of aromatic amines is 1. The van der Waals surface area contributed by atoms with Gasteiger partial charge in [0.1, 0.15) is 17.5 Å². The third-order valence-corrected chi connectivity index (χ3v) is 1.98. The van der Waals surface area contributed by atoms with E-state index in [-0.39, 0.29) is 5.69 Å². The Labute approximate surface area is 91.3 Å². The molecule has 3 aromatic rings. The van der Waals surface area contributed by atoms with Crippen molar-refractivity contribution in [3.8, 4) is 0 Å². The Hall–Kier alpha value is -2.30. The summed E-state index contributed by atoms with van der Waals surface area (Å²) in [5.41, 5.74) is 1.74. The van der Waals surface area contributed by atoms with Crippen molar-refractivity contribution in [2.75, 3.05) is 0 Å². The minimum Gasteiger partial charge on any atom is -0.457 e. The molecule has 3 aromatic heterocycles. The Morgan fingerprint density at radius 2 is 2.00 bits per heavy atom. The lowest BCUT2D eigenvalue weighted by atomic mass is 10.4. The predicted molar refractivity (Wildman–Crippen MR) is 60.4 cm³/mol. The molecule has 5 nitrogen and oxygen atoms in total. The summed E-state index contributed by atoms with van der Waals surface area (Å²) in [6.07, 6.45) is 2.97. The Bertz CT molecular complexity index is 560. The molecule has 0 aromatic carbocycles. The Kier molecular flexibility index (Phi) is 2.86. The summed E-state index contributed by atoms with van der Waals surface area (Å²) in [4.78, 5) is 13.0. The van der Waals surface area contributed by atoms with Crippen LogP contribution in [0.15, 0.2) is 52.5 Å². The third kappa shape index (κ3) is 2.20. The predicted octanol–water partition coefficient (Wildman–Crippen LogP) is 1.63. The number of nitrogens with one attached hydrogen (secondary N) is 1. The molecular formula is C11H11N3O2. The van der Waals surface area contributed by atoms with Crippen LogP contribution in [0.25, 0.3) is 11.2 Å². The molecular weight excluding hydrogens is 206 g/mol. The van der Waals surface area contributed by atoms with Crippen LogP contribution in [0.3, 0.4) is 0 Å². The SMILES string of the molecule is C=CCn1nc[nH]c1=O.c1cc2ccc1o2. The van der Waals surface area contributed by atoms with Gasteiger partial charge in [0, 0.05) is 0 Å². The van der Waals surface area contributed by atoms with Crippen LogP contribution in [0.5, 0.6) is 0 Å². The van der Waals surface area contributed by atoms with Crippen molar-refractivity contribution >= 4 is 11.2 Å². The topological polar surface area (TPSA) is 63.8 Å². The maximum atomic E-state index is 10.6. The smallest absolute Gasteiger partial charge is 0.343 e. The van der Waals surface area contributed by atoms with Crippen molar-refractivity contribution in [3.05, 3.63) is 53.7 Å². The summed E-state index contributed by atoms with van der Waals surface area (Å²) < 4.78 is 6.37. The van der Waals surface area contributed by atoms with E-state index in [0.717, 1.165) is 11.2 Å². The van der Waals surface area contributed by atoms with Crippen molar-refractivity contribution in [2.24, 2.45) is 0 Å². The highest BCUT2D eigenvalue weighted by Crippen LogP contribution is 2.13. The number of aromatic nitrogens is 3. The van der Waals surface area contributed by atoms with Crippen molar-refractivity contribution in [1.29, 1.82) is 0 Å². The number of nitrogens with zero attached hydrogens (tertiary/aromatic N) is 2. The quantitative estimate of drug-likeness (QED) is 0.663. The molecule has 0 spiro atoms. The van der Waals surface area contributed by atoms with Gasteiger partial charge in [-0.05, 0) is 24.3 Å². The van der Waals surface area contributed by atoms with Gasteiger partial charge in [-0.1, -0.05) is 6.08 Å². The number of H-pyrrole nitrogens is 1. The zero-order valence-corrected chi connectivity index (χ0v) is 8.59. The number of hydrogen-bond donors (Lipinski definition) is 1. The van der Waals surface area contributed by atoms with Gasteiger partial charge < -0.3 is 4.42 Å². The molecule has 0 aliphatic carbocycles. The number of furan rings is 2. The lowest BCUT2D eigenvalue weighted by Crippen LogP contribution is -2.16. The van der Waals surface area contributed by atoms with Crippen LogP contribution in [-0.4, -0.2) is 14.8 Å². The molecule has 0 saturated carbocycles. The van der Waals surface area contributed by atoms with Crippen LogP contribution in [0.2, 0.25) is 0 Å². The Balaban J connectivity index is 0.000000123. The molecule has 0 fully saturated rings. The van der Waals surface area contributed by atoms with E-state index in [9.17, 15) is 4.79 Å². The molecule has 0 saturated heterocycles. The molecule has 0 radical (unpaired) electrons. The van der Waals surface area contributed by atoms with E-state index in [2.05, 4.69) is 16.7 Å². The fraction of sp³-hybridized carbons (Fsp3) is 0.0909. The summed E-state index contributed by atoms with van der Waals surface area (Å²) in [5, 5.41) is 3.68. The molecule has 5 heteroatoms. The minimum atomic E-state index is -0.199. The number of benzene rings is 1. The molecule has 1 N–H and O–H groups in total. The summed E-state index contributed by atoms with van der Waals surface area (Å²) in [6.45, 7) is 3.92. The molecule has 0 aliphatic heterocycles. The lowest BCUT2D eigenvalue weighted by molar-refractivity contribution is 0.673. The first-order valence-electron chi connectivity index (χ1n) is 4.79. The fourth-order valence-electron chi connectivity index (χ4n) is 1.24. The van der Waals surface area contributed by atoms with E-state index in [1.807, 2.05) is 24.3 Å². The standard InChI is InChI=1S/C6H4O.C5H7N3O/c1-2-6-4-3-5(1)7-6;1-2-3-8-5(9)6-4-7-8/h1-4H;2,4H,1,3H2,(H,6,7,9). The van der Waals surface area contributed by atoms with Gasteiger partial charge in [-0.2, -0.15) is 5.10 Å². The van der Waals surface area contributed by atoms with E-state index in [4.69, 9.17) is 4.42 Å². The third-order valence-electron chi connectivity index (χ3n) is 1.98. The first-order chi connectivity index (χ1) is 7.79. The molecule has 2 bridgehead atoms. The molecule has 82 valence electrons. The molecule has 3 heterocycles. The van der Waals surface area contributed by atoms with Gasteiger partial charge >= 0.3 is 5.69 Å². The largest absolute Gasteiger partial charge is 0.457 e.